The molecule has 2 aromatic carbocycles. The van der Waals surface area contributed by atoms with Crippen LogP contribution in [0, 0.1) is 0 Å². The molecule has 2 aromatic heterocycles. The SMILES string of the molecule is CCc1nc(Nc2ccc(C=Cc3ccc(Nc4nc(N(C)CCS(=O)(=O)[O-])nc(N(C)CC(C)O)n4)cc3S(=O)(=O)[O-])c(S(=O)(=O)[O-])c2)nc(N(C)CC(C)O)n1.[K+].[K+].[K+]. The second kappa shape index (κ2) is 25.6. The zero-order valence-electron chi connectivity index (χ0n) is 35.1. The van der Waals surface area contributed by atoms with E-state index in [9.17, 15) is 49.1 Å². The minimum Gasteiger partial charge on any atom is -0.748 e. The van der Waals surface area contributed by atoms with Crippen LogP contribution in [0.25, 0.3) is 12.2 Å². The van der Waals surface area contributed by atoms with Crippen molar-refractivity contribution in [2.45, 2.75) is 49.2 Å². The van der Waals surface area contributed by atoms with Crippen molar-refractivity contribution in [2.24, 2.45) is 0 Å². The van der Waals surface area contributed by atoms with Crippen LogP contribution < -0.4 is 179 Å². The van der Waals surface area contributed by atoms with Crippen LogP contribution in [-0.2, 0) is 36.8 Å². The molecule has 316 valence electrons. The van der Waals surface area contributed by atoms with E-state index in [-0.39, 0.29) is 226 Å². The average molecular weight is 982 g/mol. The van der Waals surface area contributed by atoms with Gasteiger partial charge in [-0.25, -0.2) is 25.3 Å². The van der Waals surface area contributed by atoms with E-state index in [2.05, 4.69) is 40.5 Å². The van der Waals surface area contributed by atoms with Crippen LogP contribution in [-0.4, -0.2) is 138 Å². The zero-order chi connectivity index (χ0) is 43.2. The summed E-state index contributed by atoms with van der Waals surface area (Å²) < 4.78 is 108. The van der Waals surface area contributed by atoms with E-state index < -0.39 is 58.1 Å². The summed E-state index contributed by atoms with van der Waals surface area (Å²) in [5, 5.41) is 25.3. The predicted molar refractivity (Wildman–Crippen MR) is 211 cm³/mol. The van der Waals surface area contributed by atoms with Gasteiger partial charge in [0.05, 0.1) is 37.9 Å². The van der Waals surface area contributed by atoms with Crippen molar-refractivity contribution in [3.63, 3.8) is 0 Å². The molecule has 0 aliphatic heterocycles. The topological polar surface area (TPSA) is 323 Å². The maximum Gasteiger partial charge on any atom is 1.00 e. The molecule has 28 heteroatoms. The fourth-order valence-electron chi connectivity index (χ4n) is 5.22. The summed E-state index contributed by atoms with van der Waals surface area (Å²) >= 11 is 0. The van der Waals surface area contributed by atoms with Crippen LogP contribution in [0.2, 0.25) is 0 Å². The normalized spacial score (nSPS) is 12.6. The smallest absolute Gasteiger partial charge is 0.748 e. The van der Waals surface area contributed by atoms with Gasteiger partial charge in [0.1, 0.15) is 26.1 Å². The molecule has 4 N–H and O–H groups in total. The quantitative estimate of drug-likeness (QED) is 0.0385. The summed E-state index contributed by atoms with van der Waals surface area (Å²) in [5.41, 5.74) is -0.193. The summed E-state index contributed by atoms with van der Waals surface area (Å²) in [6.45, 7) is 4.93. The first-order valence-corrected chi connectivity index (χ1v) is 21.7. The number of anilines is 7. The Morgan fingerprint density at radius 1 is 0.639 bits per heavy atom. The Morgan fingerprint density at radius 2 is 1.03 bits per heavy atom. The Hall–Kier alpha value is -0.241. The maximum atomic E-state index is 12.5. The number of hydrogen-bond donors (Lipinski definition) is 4. The van der Waals surface area contributed by atoms with E-state index in [0.29, 0.717) is 12.2 Å². The Balaban J connectivity index is 0.00000620. The Kier molecular flexibility index (Phi) is 24.7. The summed E-state index contributed by atoms with van der Waals surface area (Å²) in [6, 6.07) is 7.31. The third-order valence-electron chi connectivity index (χ3n) is 7.90. The molecule has 61 heavy (non-hydrogen) atoms. The largest absolute Gasteiger partial charge is 1.00 e. The third kappa shape index (κ3) is 18.9. The van der Waals surface area contributed by atoms with Gasteiger partial charge in [0.25, 0.3) is 0 Å². The fraction of sp³-hybridized carbons (Fsp3) is 0.394. The molecule has 0 spiro atoms. The van der Waals surface area contributed by atoms with Crippen LogP contribution >= 0.6 is 0 Å². The van der Waals surface area contributed by atoms with Crippen molar-refractivity contribution in [1.82, 2.24) is 29.9 Å². The fourth-order valence-corrected chi connectivity index (χ4v) is 7.11. The number of aliphatic hydroxyl groups is 2. The summed E-state index contributed by atoms with van der Waals surface area (Å²) in [7, 11) is -10.2. The molecule has 22 nitrogen and oxygen atoms in total. The van der Waals surface area contributed by atoms with Gasteiger partial charge in [-0.1, -0.05) is 31.2 Å². The van der Waals surface area contributed by atoms with Crippen molar-refractivity contribution in [3.05, 3.63) is 53.3 Å². The van der Waals surface area contributed by atoms with E-state index >= 15 is 0 Å². The molecule has 0 radical (unpaired) electrons. The van der Waals surface area contributed by atoms with Gasteiger partial charge in [0.15, 0.2) is 0 Å². The molecule has 0 aliphatic rings. The number of hydrogen-bond acceptors (Lipinski definition) is 22. The third-order valence-corrected chi connectivity index (χ3v) is 10.4. The molecule has 0 saturated heterocycles. The number of aryl methyl sites for hydroxylation is 1. The van der Waals surface area contributed by atoms with Gasteiger partial charge >= 0.3 is 154 Å². The molecule has 4 rings (SSSR count). The second-order valence-electron chi connectivity index (χ2n) is 13.1. The summed E-state index contributed by atoms with van der Waals surface area (Å²) in [4.78, 5) is 28.7. The van der Waals surface area contributed by atoms with Crippen molar-refractivity contribution < 1.29 is 203 Å². The van der Waals surface area contributed by atoms with E-state index in [4.69, 9.17) is 0 Å². The van der Waals surface area contributed by atoms with Gasteiger partial charge in [-0.2, -0.15) is 29.9 Å². The Morgan fingerprint density at radius 3 is 1.41 bits per heavy atom. The number of benzene rings is 2. The molecule has 0 bridgehead atoms. The summed E-state index contributed by atoms with van der Waals surface area (Å²) in [5.74, 6) is -0.348. The van der Waals surface area contributed by atoms with Gasteiger partial charge in [-0.05, 0) is 49.2 Å². The van der Waals surface area contributed by atoms with Crippen molar-refractivity contribution >= 4 is 83.6 Å². The van der Waals surface area contributed by atoms with Crippen molar-refractivity contribution in [1.29, 1.82) is 0 Å². The van der Waals surface area contributed by atoms with Gasteiger partial charge in [0.2, 0.25) is 29.7 Å². The summed E-state index contributed by atoms with van der Waals surface area (Å²) in [6.07, 6.45) is 1.21. The maximum absolute atomic E-state index is 12.5. The molecule has 4 aromatic rings. The van der Waals surface area contributed by atoms with Crippen LogP contribution in [0.5, 0.6) is 0 Å². The first-order valence-electron chi connectivity index (χ1n) is 17.3. The number of likely N-dealkylation sites (N-methyl/N-ethyl adjacent to an activating group) is 2. The molecular formula is C33H42K3N11O11S3. The minimum absolute atomic E-state index is 0. The van der Waals surface area contributed by atoms with E-state index in [1.54, 1.807) is 25.9 Å². The van der Waals surface area contributed by atoms with E-state index in [1.807, 2.05) is 6.92 Å². The Bertz CT molecular complexity index is 2490. The van der Waals surface area contributed by atoms with Gasteiger partial charge < -0.3 is 49.2 Å². The van der Waals surface area contributed by atoms with Gasteiger partial charge in [-0.3, -0.25) is 0 Å². The Labute approximate surface area is 482 Å². The van der Waals surface area contributed by atoms with Crippen molar-refractivity contribution in [3.8, 4) is 0 Å². The second-order valence-corrected chi connectivity index (χ2v) is 17.3. The molecule has 0 amide bonds. The first-order chi connectivity index (χ1) is 26.9. The number of nitrogens with one attached hydrogen (secondary N) is 2. The van der Waals surface area contributed by atoms with Gasteiger partial charge in [-0.15, -0.1) is 0 Å². The molecule has 2 heterocycles. The molecular weight excluding hydrogens is 940 g/mol. The van der Waals surface area contributed by atoms with Crippen molar-refractivity contribution in [2.75, 3.05) is 71.9 Å². The predicted octanol–water partition coefficient (Wildman–Crippen LogP) is -8.29. The zero-order valence-corrected chi connectivity index (χ0v) is 46.9. The number of nitrogens with zero attached hydrogens (tertiary/aromatic N) is 9. The monoisotopic (exact) mass is 981 g/mol. The molecule has 0 aliphatic carbocycles. The number of aliphatic hydroxyl groups excluding tert-OH is 2. The number of rotatable bonds is 19. The van der Waals surface area contributed by atoms with Crippen LogP contribution in [0.1, 0.15) is 37.7 Å². The van der Waals surface area contributed by atoms with Crippen LogP contribution in [0.15, 0.2) is 46.2 Å². The minimum atomic E-state index is -5.18. The van der Waals surface area contributed by atoms with E-state index in [1.165, 1.54) is 48.0 Å². The van der Waals surface area contributed by atoms with Crippen LogP contribution in [0.4, 0.5) is 41.1 Å². The van der Waals surface area contributed by atoms with Gasteiger partial charge in [0, 0.05) is 58.6 Å². The van der Waals surface area contributed by atoms with Crippen LogP contribution in [0.3, 0.4) is 0 Å². The first kappa shape index (κ1) is 58.8. The van der Waals surface area contributed by atoms with E-state index in [0.717, 1.165) is 24.3 Å². The standard InChI is InChI=1S/C33H45N11O11S3.3K/c1-7-28-36-29(38-31(37-28)43(5)18-20(2)45)34-24-12-10-22(26(16-24)57(50,51)52)8-9-23-11-13-25(17-27(23)58(53,54)55)35-30-39-32(42(4)14-15-56(47,48)49)41-33(40-30)44(6)19-21(3)46;;;/h8-13,16-17,20-21,45-46H,7,14-15,18-19H2,1-6H3,(H,47,48,49)(H,50,51,52)(H,53,54,55)(H,34,36,37,38)(H,35,39,40,41);;;/q;3*+1/p-3. The number of aromatic nitrogens is 6. The molecule has 0 fully saturated rings. The average Bonchev–Trinajstić information content (AvgIpc) is 3.11. The molecule has 2 unspecified atom stereocenters. The molecule has 0 saturated carbocycles. The molecule has 2 atom stereocenters.